The summed E-state index contributed by atoms with van der Waals surface area (Å²) >= 11 is 0. The first-order valence-corrected chi connectivity index (χ1v) is 9.26. The van der Waals surface area contributed by atoms with Crippen LogP contribution in [0.2, 0.25) is 0 Å². The van der Waals surface area contributed by atoms with Crippen molar-refractivity contribution in [3.8, 4) is 0 Å². The minimum absolute atomic E-state index is 0.122. The van der Waals surface area contributed by atoms with E-state index in [0.29, 0.717) is 12.6 Å². The van der Waals surface area contributed by atoms with Gasteiger partial charge in [-0.3, -0.25) is 9.89 Å². The number of aliphatic imine (C=N–C) groups is 1. The first-order chi connectivity index (χ1) is 12.1. The normalized spacial score (nSPS) is 18.6. The zero-order chi connectivity index (χ0) is 18.1. The Kier molecular flexibility index (Phi) is 8.15. The zero-order valence-electron chi connectivity index (χ0n) is 15.6. The fraction of sp³-hybridized carbons (Fsp3) is 0.632. The molecular formula is C19H31FN4O. The fourth-order valence-corrected chi connectivity index (χ4v) is 2.84. The van der Waals surface area contributed by atoms with Crippen LogP contribution in [-0.4, -0.2) is 56.3 Å². The number of ether oxygens (including phenoxy) is 1. The Hall–Kier alpha value is -1.66. The van der Waals surface area contributed by atoms with E-state index < -0.39 is 0 Å². The van der Waals surface area contributed by atoms with E-state index in [2.05, 4.69) is 36.3 Å². The lowest BCUT2D eigenvalue weighted by Crippen LogP contribution is -2.43. The number of nitrogens with one attached hydrogen (secondary N) is 2. The summed E-state index contributed by atoms with van der Waals surface area (Å²) in [4.78, 5) is 7.16. The number of guanidine groups is 1. The van der Waals surface area contributed by atoms with Crippen molar-refractivity contribution in [2.45, 2.75) is 39.3 Å². The van der Waals surface area contributed by atoms with Crippen LogP contribution >= 0.6 is 0 Å². The molecule has 1 aliphatic heterocycles. The molecule has 25 heavy (non-hydrogen) atoms. The summed E-state index contributed by atoms with van der Waals surface area (Å²) < 4.78 is 18.8. The minimum atomic E-state index is -0.209. The molecule has 5 nitrogen and oxygen atoms in total. The van der Waals surface area contributed by atoms with Crippen LogP contribution in [0.15, 0.2) is 29.3 Å². The molecule has 2 atom stereocenters. The van der Waals surface area contributed by atoms with E-state index in [0.717, 1.165) is 50.8 Å². The standard InChI is InChI=1S/C19H31FN4O/c1-4-15(3)23-19(21-5-2)22-14-18(24-10-12-25-13-11-24)16-6-8-17(20)9-7-16/h6-9,15,18H,4-5,10-14H2,1-3H3,(H2,21,22,23). The smallest absolute Gasteiger partial charge is 0.191 e. The van der Waals surface area contributed by atoms with E-state index in [9.17, 15) is 4.39 Å². The van der Waals surface area contributed by atoms with E-state index >= 15 is 0 Å². The van der Waals surface area contributed by atoms with Crippen molar-refractivity contribution in [1.82, 2.24) is 15.5 Å². The van der Waals surface area contributed by atoms with Crippen molar-refractivity contribution in [2.75, 3.05) is 39.4 Å². The average Bonchev–Trinajstić information content (AvgIpc) is 2.64. The summed E-state index contributed by atoms with van der Waals surface area (Å²) in [6, 6.07) is 7.26. The molecule has 1 saturated heterocycles. The van der Waals surface area contributed by atoms with Gasteiger partial charge in [-0.2, -0.15) is 0 Å². The van der Waals surface area contributed by atoms with Crippen LogP contribution in [0.1, 0.15) is 38.8 Å². The van der Waals surface area contributed by atoms with E-state index in [1.807, 2.05) is 12.1 Å². The quantitative estimate of drug-likeness (QED) is 0.586. The van der Waals surface area contributed by atoms with Gasteiger partial charge in [0.15, 0.2) is 5.96 Å². The molecule has 140 valence electrons. The SMILES string of the molecule is CCNC(=NCC(c1ccc(F)cc1)N1CCOCC1)NC(C)CC. The van der Waals surface area contributed by atoms with E-state index in [-0.39, 0.29) is 11.9 Å². The van der Waals surface area contributed by atoms with Crippen LogP contribution in [-0.2, 0) is 4.74 Å². The molecule has 0 aromatic heterocycles. The maximum absolute atomic E-state index is 13.3. The Bertz CT molecular complexity index is 529. The molecule has 0 spiro atoms. The first kappa shape index (κ1) is 19.7. The van der Waals surface area contributed by atoms with Gasteiger partial charge < -0.3 is 15.4 Å². The highest BCUT2D eigenvalue weighted by Crippen LogP contribution is 2.22. The highest BCUT2D eigenvalue weighted by molar-refractivity contribution is 5.80. The van der Waals surface area contributed by atoms with Crippen LogP contribution in [0, 0.1) is 5.82 Å². The number of halogens is 1. The summed E-state index contributed by atoms with van der Waals surface area (Å²) in [6.07, 6.45) is 1.04. The average molecular weight is 350 g/mol. The minimum Gasteiger partial charge on any atom is -0.379 e. The predicted molar refractivity (Wildman–Crippen MR) is 100 cm³/mol. The van der Waals surface area contributed by atoms with Crippen LogP contribution in [0.5, 0.6) is 0 Å². The van der Waals surface area contributed by atoms with Gasteiger partial charge in [0.05, 0.1) is 25.8 Å². The van der Waals surface area contributed by atoms with Gasteiger partial charge in [-0.1, -0.05) is 19.1 Å². The Balaban J connectivity index is 2.15. The van der Waals surface area contributed by atoms with Crippen molar-refractivity contribution in [1.29, 1.82) is 0 Å². The second-order valence-corrected chi connectivity index (χ2v) is 6.39. The van der Waals surface area contributed by atoms with Gasteiger partial charge in [0, 0.05) is 25.7 Å². The molecule has 0 amide bonds. The third-order valence-corrected chi connectivity index (χ3v) is 4.50. The molecular weight excluding hydrogens is 319 g/mol. The van der Waals surface area contributed by atoms with E-state index in [1.54, 1.807) is 0 Å². The molecule has 0 saturated carbocycles. The molecule has 1 aliphatic rings. The van der Waals surface area contributed by atoms with Crippen LogP contribution in [0.4, 0.5) is 4.39 Å². The van der Waals surface area contributed by atoms with Gasteiger partial charge in [0.25, 0.3) is 0 Å². The van der Waals surface area contributed by atoms with Gasteiger partial charge in [-0.05, 0) is 38.0 Å². The highest BCUT2D eigenvalue weighted by Gasteiger charge is 2.22. The molecule has 0 bridgehead atoms. The van der Waals surface area contributed by atoms with Gasteiger partial charge in [0.2, 0.25) is 0 Å². The molecule has 1 aromatic rings. The molecule has 0 aliphatic carbocycles. The number of benzene rings is 1. The van der Waals surface area contributed by atoms with Crippen LogP contribution in [0.3, 0.4) is 0 Å². The van der Waals surface area contributed by atoms with E-state index in [1.165, 1.54) is 12.1 Å². The van der Waals surface area contributed by atoms with E-state index in [4.69, 9.17) is 9.73 Å². The van der Waals surface area contributed by atoms with Crippen LogP contribution in [0.25, 0.3) is 0 Å². The van der Waals surface area contributed by atoms with Gasteiger partial charge in [0.1, 0.15) is 5.82 Å². The first-order valence-electron chi connectivity index (χ1n) is 9.26. The zero-order valence-corrected chi connectivity index (χ0v) is 15.6. The Labute approximate surface area is 150 Å². The van der Waals surface area contributed by atoms with Crippen molar-refractivity contribution >= 4 is 5.96 Å². The molecule has 2 rings (SSSR count). The summed E-state index contributed by atoms with van der Waals surface area (Å²) in [6.45, 7) is 11.0. The number of nitrogens with zero attached hydrogens (tertiary/aromatic N) is 2. The summed E-state index contributed by atoms with van der Waals surface area (Å²) in [5.74, 6) is 0.622. The molecule has 1 fully saturated rings. The largest absolute Gasteiger partial charge is 0.379 e. The van der Waals surface area contributed by atoms with Crippen LogP contribution < -0.4 is 10.6 Å². The summed E-state index contributed by atoms with van der Waals surface area (Å²) in [5.41, 5.74) is 1.09. The number of hydrogen-bond acceptors (Lipinski definition) is 3. The maximum atomic E-state index is 13.3. The number of rotatable bonds is 7. The second kappa shape index (κ2) is 10.4. The van der Waals surface area contributed by atoms with Crippen molar-refractivity contribution in [3.63, 3.8) is 0 Å². The summed E-state index contributed by atoms with van der Waals surface area (Å²) in [7, 11) is 0. The number of morpholine rings is 1. The highest BCUT2D eigenvalue weighted by atomic mass is 19.1. The molecule has 0 radical (unpaired) electrons. The Morgan fingerprint density at radius 1 is 1.24 bits per heavy atom. The molecule has 1 aromatic carbocycles. The lowest BCUT2D eigenvalue weighted by molar-refractivity contribution is 0.0179. The maximum Gasteiger partial charge on any atom is 0.191 e. The van der Waals surface area contributed by atoms with Gasteiger partial charge >= 0.3 is 0 Å². The Morgan fingerprint density at radius 3 is 2.52 bits per heavy atom. The predicted octanol–water partition coefficient (Wildman–Crippen LogP) is 2.55. The third kappa shape index (κ3) is 6.29. The lowest BCUT2D eigenvalue weighted by atomic mass is 10.0. The topological polar surface area (TPSA) is 48.9 Å². The fourth-order valence-electron chi connectivity index (χ4n) is 2.84. The van der Waals surface area contributed by atoms with Gasteiger partial charge in [-0.15, -0.1) is 0 Å². The summed E-state index contributed by atoms with van der Waals surface area (Å²) in [5, 5.41) is 6.72. The lowest BCUT2D eigenvalue weighted by Gasteiger charge is -2.34. The molecule has 2 unspecified atom stereocenters. The molecule has 6 heteroatoms. The third-order valence-electron chi connectivity index (χ3n) is 4.50. The Morgan fingerprint density at radius 2 is 1.92 bits per heavy atom. The van der Waals surface area contributed by atoms with Crippen molar-refractivity contribution in [2.24, 2.45) is 4.99 Å². The number of hydrogen-bond donors (Lipinski definition) is 2. The second-order valence-electron chi connectivity index (χ2n) is 6.39. The molecule has 1 heterocycles. The van der Waals surface area contributed by atoms with Crippen molar-refractivity contribution < 1.29 is 9.13 Å². The van der Waals surface area contributed by atoms with Crippen molar-refractivity contribution in [3.05, 3.63) is 35.6 Å². The van der Waals surface area contributed by atoms with Gasteiger partial charge in [-0.25, -0.2) is 4.39 Å². The monoisotopic (exact) mass is 350 g/mol. The molecule has 2 N–H and O–H groups in total.